The summed E-state index contributed by atoms with van der Waals surface area (Å²) in [6.45, 7) is 4.04. The molecule has 0 radical (unpaired) electrons. The first-order valence-corrected chi connectivity index (χ1v) is 5.30. The van der Waals surface area contributed by atoms with Crippen molar-refractivity contribution in [3.63, 3.8) is 0 Å². The topological polar surface area (TPSA) is 452 Å². The van der Waals surface area contributed by atoms with E-state index in [4.69, 9.17) is 36.3 Å². The van der Waals surface area contributed by atoms with Crippen LogP contribution in [0.5, 0.6) is 0 Å². The lowest BCUT2D eigenvalue weighted by atomic mass is 9.87. The highest BCUT2D eigenvalue weighted by molar-refractivity contribution is 5.65. The molecule has 0 aliphatic carbocycles. The molecular weight excluding hydrogens is 406 g/mol. The minimum atomic E-state index is -1.50. The van der Waals surface area contributed by atoms with E-state index in [0.717, 1.165) is 12.8 Å². The first-order valence-electron chi connectivity index (χ1n) is 5.30. The summed E-state index contributed by atoms with van der Waals surface area (Å²) in [7, 11) is 0. The van der Waals surface area contributed by atoms with Crippen LogP contribution in [0.4, 0.5) is 9.59 Å². The van der Waals surface area contributed by atoms with Crippen molar-refractivity contribution in [3.05, 3.63) is 10.1 Å². The molecule has 19 nitrogen and oxygen atoms in total. The fourth-order valence-electron chi connectivity index (χ4n) is 1.28. The van der Waals surface area contributed by atoms with Gasteiger partial charge in [-0.2, -0.15) is 0 Å². The van der Waals surface area contributed by atoms with Gasteiger partial charge in [0.15, 0.2) is 0 Å². The predicted octanol–water partition coefficient (Wildman–Crippen LogP) is -6.79. The molecule has 0 atom stereocenters. The smallest absolute Gasteiger partial charge is 0.404 e. The quantitative estimate of drug-likeness (QED) is 0.262. The molecule has 0 bridgehead atoms. The summed E-state index contributed by atoms with van der Waals surface area (Å²) in [5.74, 6) is 0. The second-order valence-electron chi connectivity index (χ2n) is 4.01. The molecule has 0 unspecified atom stereocenters. The molecule has 23 N–H and O–H groups in total. The molecule has 2 amide bonds. The van der Waals surface area contributed by atoms with Crippen LogP contribution in [0.15, 0.2) is 0 Å². The van der Waals surface area contributed by atoms with Crippen LogP contribution in [0.1, 0.15) is 26.7 Å². The van der Waals surface area contributed by atoms with Gasteiger partial charge in [-0.25, -0.2) is 9.59 Å². The average molecular weight is 443 g/mol. The number of hydrogen-bond donors (Lipinski definition) is 3. The summed E-state index contributed by atoms with van der Waals surface area (Å²) in [5.41, 5.74) is 9.28. The van der Waals surface area contributed by atoms with Crippen molar-refractivity contribution >= 4 is 12.2 Å². The molecule has 0 spiro atoms. The van der Waals surface area contributed by atoms with Crippen LogP contribution in [-0.4, -0.2) is 85.0 Å². The van der Waals surface area contributed by atoms with Gasteiger partial charge in [-0.3, -0.25) is 0 Å². The molecule has 0 aliphatic rings. The van der Waals surface area contributed by atoms with Crippen molar-refractivity contribution in [1.29, 1.82) is 0 Å². The number of rotatable bonds is 6. The van der Waals surface area contributed by atoms with Crippen LogP contribution in [0.3, 0.4) is 0 Å². The van der Waals surface area contributed by atoms with Crippen LogP contribution in [0.2, 0.25) is 0 Å². The van der Waals surface area contributed by atoms with Gasteiger partial charge in [0.05, 0.1) is 0 Å². The Morgan fingerprint density at radius 2 is 1.11 bits per heavy atom. The lowest BCUT2D eigenvalue weighted by Crippen LogP contribution is -2.33. The van der Waals surface area contributed by atoms with Crippen LogP contribution >= 0.6 is 0 Å². The Kier molecular flexibility index (Phi) is 103. The molecular formula is C9H37N3O16. The Morgan fingerprint density at radius 1 is 0.893 bits per heavy atom. The maximum Gasteiger partial charge on any atom is 0.404 e. The zero-order valence-electron chi connectivity index (χ0n) is 15.3. The minimum absolute atomic E-state index is 0. The Bertz CT molecular complexity index is 296. The number of primary amides is 2. The van der Waals surface area contributed by atoms with Gasteiger partial charge in [-0.05, 0) is 6.42 Å². The maximum absolute atomic E-state index is 10.5. The molecule has 0 aliphatic heterocycles. The molecule has 0 saturated heterocycles. The second kappa shape index (κ2) is 39.4. The largest absolute Gasteiger partial charge is 0.449 e. The van der Waals surface area contributed by atoms with E-state index in [1.54, 1.807) is 0 Å². The first-order chi connectivity index (χ1) is 8.63. The summed E-state index contributed by atoms with van der Waals surface area (Å²) in [6.07, 6.45) is -0.0540. The van der Waals surface area contributed by atoms with Gasteiger partial charge in [0.1, 0.15) is 13.2 Å². The molecule has 0 fully saturated rings. The van der Waals surface area contributed by atoms with Gasteiger partial charge in [-0.1, -0.05) is 20.3 Å². The summed E-state index contributed by atoms with van der Waals surface area (Å²) in [6, 6.07) is 0. The highest BCUT2D eigenvalue weighted by atomic mass is 16.9. The van der Waals surface area contributed by atoms with E-state index in [-0.39, 0.29) is 62.5 Å². The number of ether oxygens (including phenoxy) is 2. The normalized spacial score (nSPS) is 6.64. The molecule has 0 aromatic carbocycles. The fourth-order valence-corrected chi connectivity index (χ4v) is 1.28. The van der Waals surface area contributed by atoms with Gasteiger partial charge in [0.25, 0.3) is 5.09 Å². The lowest BCUT2D eigenvalue weighted by Gasteiger charge is -2.27. The molecule has 0 rings (SSSR count). The number of amides is 2. The van der Waals surface area contributed by atoms with E-state index in [0.29, 0.717) is 0 Å². The third-order valence-electron chi connectivity index (χ3n) is 1.98. The van der Waals surface area contributed by atoms with Crippen molar-refractivity contribution in [2.45, 2.75) is 26.7 Å². The van der Waals surface area contributed by atoms with Gasteiger partial charge in [-0.15, -0.1) is 10.1 Å². The van der Waals surface area contributed by atoms with Gasteiger partial charge in [0.2, 0.25) is 0 Å². The minimum Gasteiger partial charge on any atom is -0.449 e. The SMILES string of the molecule is CCCC(C)(COC(N)=O)COC(N)=O.O.O.O.O.O.O.O.O.O.O=[N+]([O-])O. The number of carbonyl (C=O) groups excluding carboxylic acids is 2. The third kappa shape index (κ3) is 65.4. The van der Waals surface area contributed by atoms with E-state index in [1.165, 1.54) is 0 Å². The summed E-state index contributed by atoms with van der Waals surface area (Å²) < 4.78 is 9.40. The number of carbonyl (C=O) groups is 2. The van der Waals surface area contributed by atoms with Crippen LogP contribution in [0, 0.1) is 15.5 Å². The highest BCUT2D eigenvalue weighted by Gasteiger charge is 2.26. The summed E-state index contributed by atoms with van der Waals surface area (Å²) in [4.78, 5) is 29.3. The third-order valence-corrected chi connectivity index (χ3v) is 1.98. The van der Waals surface area contributed by atoms with E-state index in [9.17, 15) is 9.59 Å². The fraction of sp³-hybridized carbons (Fsp3) is 0.778. The number of nitrogens with two attached hydrogens (primary N) is 2. The van der Waals surface area contributed by atoms with E-state index in [1.807, 2.05) is 13.8 Å². The molecule has 0 aromatic rings. The van der Waals surface area contributed by atoms with Crippen molar-refractivity contribution in [1.82, 2.24) is 0 Å². The second-order valence-corrected chi connectivity index (χ2v) is 4.01. The van der Waals surface area contributed by atoms with Gasteiger partial charge >= 0.3 is 12.2 Å². The highest BCUT2D eigenvalue weighted by Crippen LogP contribution is 2.24. The van der Waals surface area contributed by atoms with Gasteiger partial charge < -0.3 is 75.4 Å². The maximum atomic E-state index is 10.5. The molecule has 0 heterocycles. The molecule has 0 saturated carbocycles. The molecule has 19 heteroatoms. The lowest BCUT2D eigenvalue weighted by molar-refractivity contribution is -0.742. The standard InChI is InChI=1S/C9H18N2O4.HNO3.9H2O/c1-3-4-9(2,5-14-7(10)12)6-15-8(11)13;2-1(3)4;;;;;;;;;/h3-6H2,1-2H3,(H2,10,12)(H2,11,13);(H,2,3,4);9*1H2. The monoisotopic (exact) mass is 443 g/mol. The number of hydrogen-bond acceptors (Lipinski definition) is 6. The van der Waals surface area contributed by atoms with Crippen LogP contribution in [-0.2, 0) is 9.47 Å². The van der Waals surface area contributed by atoms with E-state index in [2.05, 4.69) is 0 Å². The molecule has 184 valence electrons. The van der Waals surface area contributed by atoms with Crippen molar-refractivity contribution in [2.75, 3.05) is 13.2 Å². The molecule has 28 heavy (non-hydrogen) atoms. The van der Waals surface area contributed by atoms with Crippen molar-refractivity contribution in [2.24, 2.45) is 16.9 Å². The van der Waals surface area contributed by atoms with Crippen molar-refractivity contribution in [3.8, 4) is 0 Å². The Labute approximate surface area is 159 Å². The predicted molar refractivity (Wildman–Crippen MR) is 95.4 cm³/mol. The molecule has 0 aromatic heterocycles. The average Bonchev–Trinajstić information content (AvgIpc) is 2.24. The zero-order chi connectivity index (χ0) is 15.5. The van der Waals surface area contributed by atoms with Crippen molar-refractivity contribution < 1.29 is 78.6 Å². The zero-order valence-corrected chi connectivity index (χ0v) is 15.3. The Balaban J connectivity index is -0.0000000227. The summed E-state index contributed by atoms with van der Waals surface area (Å²) >= 11 is 0. The Morgan fingerprint density at radius 3 is 1.25 bits per heavy atom. The van der Waals surface area contributed by atoms with Crippen LogP contribution < -0.4 is 11.5 Å². The van der Waals surface area contributed by atoms with Crippen LogP contribution in [0.25, 0.3) is 0 Å². The Hall–Kier alpha value is -2.62. The van der Waals surface area contributed by atoms with E-state index >= 15 is 0 Å². The summed E-state index contributed by atoms with van der Waals surface area (Å²) in [5, 5.41) is 13.6. The van der Waals surface area contributed by atoms with Gasteiger partial charge in [0, 0.05) is 5.41 Å². The number of nitrogens with zero attached hydrogens (tertiary/aromatic N) is 1. The first kappa shape index (κ1) is 73.0. The van der Waals surface area contributed by atoms with E-state index < -0.39 is 22.7 Å².